The van der Waals surface area contributed by atoms with Gasteiger partial charge in [-0.25, -0.2) is 17.2 Å². The average molecular weight is 624 g/mol. The Bertz CT molecular complexity index is 1630. The predicted octanol–water partition coefficient (Wildman–Crippen LogP) is 4.98. The molecule has 0 saturated carbocycles. The summed E-state index contributed by atoms with van der Waals surface area (Å²) in [7, 11) is -3.22. The van der Waals surface area contributed by atoms with Crippen molar-refractivity contribution < 1.29 is 31.6 Å². The lowest BCUT2D eigenvalue weighted by molar-refractivity contribution is 0.0644. The number of hydrogen-bond acceptors (Lipinski definition) is 7. The van der Waals surface area contributed by atoms with Crippen LogP contribution in [0.25, 0.3) is 0 Å². The molecule has 2 aliphatic heterocycles. The van der Waals surface area contributed by atoms with E-state index in [1.165, 1.54) is 12.5 Å². The van der Waals surface area contributed by atoms with Crippen molar-refractivity contribution in [1.82, 2.24) is 14.8 Å². The number of likely N-dealkylation sites (tertiary alicyclic amines) is 2. The van der Waals surface area contributed by atoms with Crippen LogP contribution in [-0.2, 0) is 16.4 Å². The van der Waals surface area contributed by atoms with Gasteiger partial charge in [0.15, 0.2) is 21.4 Å². The molecule has 44 heavy (non-hydrogen) atoms. The number of sulfone groups is 1. The third-order valence-electron chi connectivity index (χ3n) is 8.59. The SMILES string of the molecule is CS(=O)(=O)c1ccc(CN2CCC(CC(=O)c3ccc(C(=O)N4CCC(C(=O)c5ccc(F)cc5F)CC4)nc3)CC2)cc1. The molecular formula is C33H35F2N3O5S. The molecule has 232 valence electrons. The van der Waals surface area contributed by atoms with Crippen molar-refractivity contribution in [2.45, 2.75) is 43.5 Å². The second-order valence-electron chi connectivity index (χ2n) is 11.7. The molecule has 2 fully saturated rings. The fraction of sp³-hybridized carbons (Fsp3) is 0.394. The topological polar surface area (TPSA) is 105 Å². The Morgan fingerprint density at radius 2 is 1.57 bits per heavy atom. The van der Waals surface area contributed by atoms with Crippen LogP contribution in [0.15, 0.2) is 65.7 Å². The van der Waals surface area contributed by atoms with E-state index >= 15 is 0 Å². The van der Waals surface area contributed by atoms with Crippen LogP contribution in [0.3, 0.4) is 0 Å². The fourth-order valence-corrected chi connectivity index (χ4v) is 6.56. The van der Waals surface area contributed by atoms with E-state index in [-0.39, 0.29) is 34.6 Å². The molecule has 3 aromatic rings. The van der Waals surface area contributed by atoms with Crippen LogP contribution in [0.1, 0.15) is 68.9 Å². The molecule has 2 aliphatic rings. The van der Waals surface area contributed by atoms with E-state index < -0.39 is 27.4 Å². The summed E-state index contributed by atoms with van der Waals surface area (Å²) < 4.78 is 50.6. The van der Waals surface area contributed by atoms with Gasteiger partial charge in [0.2, 0.25) is 0 Å². The maximum absolute atomic E-state index is 14.1. The van der Waals surface area contributed by atoms with Crippen molar-refractivity contribution in [2.24, 2.45) is 11.8 Å². The molecule has 2 saturated heterocycles. The number of amides is 1. The largest absolute Gasteiger partial charge is 0.337 e. The lowest BCUT2D eigenvalue weighted by Crippen LogP contribution is -2.40. The molecular weight excluding hydrogens is 588 g/mol. The van der Waals surface area contributed by atoms with Gasteiger partial charge >= 0.3 is 0 Å². The molecule has 0 spiro atoms. The molecule has 0 radical (unpaired) electrons. The predicted molar refractivity (Wildman–Crippen MR) is 160 cm³/mol. The highest BCUT2D eigenvalue weighted by Gasteiger charge is 2.30. The number of Topliss-reactive ketones (excluding diaryl/α,β-unsaturated/α-hetero) is 2. The van der Waals surface area contributed by atoms with Crippen molar-refractivity contribution in [1.29, 1.82) is 0 Å². The van der Waals surface area contributed by atoms with E-state index in [1.807, 2.05) is 12.1 Å². The summed E-state index contributed by atoms with van der Waals surface area (Å²) in [5.74, 6) is -2.52. The van der Waals surface area contributed by atoms with E-state index in [1.54, 1.807) is 29.2 Å². The zero-order chi connectivity index (χ0) is 31.4. The zero-order valence-electron chi connectivity index (χ0n) is 24.5. The minimum Gasteiger partial charge on any atom is -0.337 e. The first-order valence-corrected chi connectivity index (χ1v) is 16.7. The number of pyridine rings is 1. The molecule has 1 amide bonds. The van der Waals surface area contributed by atoms with Gasteiger partial charge in [-0.3, -0.25) is 24.3 Å². The number of hydrogen-bond donors (Lipinski definition) is 0. The Morgan fingerprint density at radius 3 is 2.16 bits per heavy atom. The quantitative estimate of drug-likeness (QED) is 0.310. The van der Waals surface area contributed by atoms with Gasteiger partial charge in [-0.2, -0.15) is 0 Å². The summed E-state index contributed by atoms with van der Waals surface area (Å²) in [5, 5.41) is 0. The minimum atomic E-state index is -3.22. The highest BCUT2D eigenvalue weighted by molar-refractivity contribution is 7.90. The summed E-state index contributed by atoms with van der Waals surface area (Å²) in [6.45, 7) is 3.04. The van der Waals surface area contributed by atoms with E-state index in [4.69, 9.17) is 0 Å². The van der Waals surface area contributed by atoms with Crippen LogP contribution < -0.4 is 0 Å². The van der Waals surface area contributed by atoms with Crippen LogP contribution in [0.5, 0.6) is 0 Å². The fourth-order valence-electron chi connectivity index (χ4n) is 5.93. The number of rotatable bonds is 9. The van der Waals surface area contributed by atoms with Gasteiger partial charge in [0.1, 0.15) is 17.3 Å². The van der Waals surface area contributed by atoms with Crippen LogP contribution in [-0.4, -0.2) is 73.1 Å². The number of nitrogens with zero attached hydrogens (tertiary/aromatic N) is 3. The summed E-state index contributed by atoms with van der Waals surface area (Å²) >= 11 is 0. The molecule has 8 nitrogen and oxygen atoms in total. The van der Waals surface area contributed by atoms with Gasteiger partial charge in [-0.15, -0.1) is 0 Å². The second-order valence-corrected chi connectivity index (χ2v) is 13.8. The lowest BCUT2D eigenvalue weighted by Gasteiger charge is -2.31. The van der Waals surface area contributed by atoms with Crippen molar-refractivity contribution in [3.63, 3.8) is 0 Å². The number of carbonyl (C=O) groups excluding carboxylic acids is 3. The standard InChI is InChI=1S/C33H35F2N3O5S/c1-44(42,43)27-6-2-23(3-7-27)21-37-14-10-22(11-15-37)18-31(39)25-4-9-30(36-20-25)33(41)38-16-12-24(13-17-38)32(40)28-8-5-26(34)19-29(28)35/h2-9,19-20,22,24H,10-18,21H2,1H3. The zero-order valence-corrected chi connectivity index (χ0v) is 25.4. The van der Waals surface area contributed by atoms with Gasteiger partial charge in [-0.05, 0) is 86.7 Å². The molecule has 3 heterocycles. The van der Waals surface area contributed by atoms with Gasteiger partial charge in [0.25, 0.3) is 5.91 Å². The monoisotopic (exact) mass is 623 g/mol. The Hall–Kier alpha value is -3.83. The summed E-state index contributed by atoms with van der Waals surface area (Å²) in [6.07, 6.45) is 5.53. The molecule has 0 aliphatic carbocycles. The van der Waals surface area contributed by atoms with Crippen LogP contribution >= 0.6 is 0 Å². The van der Waals surface area contributed by atoms with E-state index in [9.17, 15) is 31.6 Å². The van der Waals surface area contributed by atoms with Gasteiger partial charge in [0, 0.05) is 56.1 Å². The normalized spacial score (nSPS) is 17.0. The van der Waals surface area contributed by atoms with Crippen molar-refractivity contribution in [3.8, 4) is 0 Å². The molecule has 0 N–H and O–H groups in total. The third-order valence-corrected chi connectivity index (χ3v) is 9.72. The van der Waals surface area contributed by atoms with Crippen LogP contribution in [0, 0.1) is 23.5 Å². The van der Waals surface area contributed by atoms with Gasteiger partial charge < -0.3 is 4.90 Å². The Labute approximate surface area is 256 Å². The number of benzene rings is 2. The maximum Gasteiger partial charge on any atom is 0.272 e. The summed E-state index contributed by atoms with van der Waals surface area (Å²) in [5.41, 5.74) is 1.59. The summed E-state index contributed by atoms with van der Waals surface area (Å²) in [6, 6.07) is 13.1. The van der Waals surface area contributed by atoms with Crippen LogP contribution in [0.2, 0.25) is 0 Å². The molecule has 0 atom stereocenters. The van der Waals surface area contributed by atoms with Crippen LogP contribution in [0.4, 0.5) is 8.78 Å². The second kappa shape index (κ2) is 13.4. The number of carbonyl (C=O) groups is 3. The first-order valence-electron chi connectivity index (χ1n) is 14.8. The van der Waals surface area contributed by atoms with E-state index in [0.29, 0.717) is 48.9 Å². The Kier molecular flexibility index (Phi) is 9.65. The first-order chi connectivity index (χ1) is 21.0. The number of halogens is 2. The highest BCUT2D eigenvalue weighted by Crippen LogP contribution is 2.26. The number of aromatic nitrogens is 1. The lowest BCUT2D eigenvalue weighted by atomic mass is 9.88. The minimum absolute atomic E-state index is 0.0151. The molecule has 1 aromatic heterocycles. The van der Waals surface area contributed by atoms with E-state index in [0.717, 1.165) is 50.2 Å². The average Bonchev–Trinajstić information content (AvgIpc) is 3.01. The van der Waals surface area contributed by atoms with E-state index in [2.05, 4.69) is 9.88 Å². The van der Waals surface area contributed by atoms with Gasteiger partial charge in [0.05, 0.1) is 10.5 Å². The Balaban J connectivity index is 1.07. The first kappa shape index (κ1) is 31.6. The highest BCUT2D eigenvalue weighted by atomic mass is 32.2. The van der Waals surface area contributed by atoms with Crippen molar-refractivity contribution in [3.05, 3.63) is 94.8 Å². The summed E-state index contributed by atoms with van der Waals surface area (Å²) in [4.78, 5) is 47.2. The Morgan fingerprint density at radius 1 is 0.886 bits per heavy atom. The molecule has 5 rings (SSSR count). The third kappa shape index (κ3) is 7.62. The molecule has 0 bridgehead atoms. The van der Waals surface area contributed by atoms with Crippen molar-refractivity contribution >= 4 is 27.3 Å². The molecule has 11 heteroatoms. The number of piperidine rings is 2. The number of ketones is 2. The molecule has 2 aromatic carbocycles. The molecule has 0 unspecified atom stereocenters. The smallest absolute Gasteiger partial charge is 0.272 e. The van der Waals surface area contributed by atoms with Crippen molar-refractivity contribution in [2.75, 3.05) is 32.4 Å². The van der Waals surface area contributed by atoms with Gasteiger partial charge in [-0.1, -0.05) is 12.1 Å². The maximum atomic E-state index is 14.1.